The first-order chi connectivity index (χ1) is 8.18. The smallest absolute Gasteiger partial charge is 0.326 e. The molecule has 0 fully saturated rings. The Morgan fingerprint density at radius 1 is 1.44 bits per heavy atom. The average molecular weight is 257 g/mol. The summed E-state index contributed by atoms with van der Waals surface area (Å²) in [5.74, 6) is -2.74. The Kier molecular flexibility index (Phi) is 5.87. The summed E-state index contributed by atoms with van der Waals surface area (Å²) in [4.78, 5) is 35.7. The quantitative estimate of drug-likeness (QED) is 0.304. The van der Waals surface area contributed by atoms with Crippen LogP contribution >= 0.6 is 0 Å². The van der Waals surface area contributed by atoms with Crippen LogP contribution in [-0.4, -0.2) is 50.5 Å². The SMILES string of the molecule is CC(C)(O)C(=O)NC(CCC(=O)C=[N+]=[N-])C(=O)O. The summed E-state index contributed by atoms with van der Waals surface area (Å²) < 4.78 is 0. The van der Waals surface area contributed by atoms with Crippen LogP contribution < -0.4 is 5.32 Å². The maximum Gasteiger partial charge on any atom is 0.326 e. The highest BCUT2D eigenvalue weighted by atomic mass is 16.4. The summed E-state index contributed by atoms with van der Waals surface area (Å²) in [6, 6.07) is -1.29. The van der Waals surface area contributed by atoms with Crippen molar-refractivity contribution in [3.8, 4) is 0 Å². The number of rotatable bonds is 7. The van der Waals surface area contributed by atoms with Crippen LogP contribution in [-0.2, 0) is 14.4 Å². The number of carboxylic acid groups (broad SMARTS) is 1. The Labute approximate surface area is 103 Å². The van der Waals surface area contributed by atoms with Gasteiger partial charge in [0, 0.05) is 6.42 Å². The molecule has 100 valence electrons. The second-order valence-electron chi connectivity index (χ2n) is 4.17. The Hall–Kier alpha value is -2.05. The predicted molar refractivity (Wildman–Crippen MR) is 59.8 cm³/mol. The van der Waals surface area contributed by atoms with Gasteiger partial charge in [-0.1, -0.05) is 0 Å². The van der Waals surface area contributed by atoms with Crippen LogP contribution in [0.15, 0.2) is 0 Å². The highest BCUT2D eigenvalue weighted by Gasteiger charge is 2.29. The average Bonchev–Trinajstić information content (AvgIpc) is 2.22. The highest BCUT2D eigenvalue weighted by Crippen LogP contribution is 2.04. The lowest BCUT2D eigenvalue weighted by molar-refractivity contribution is -0.146. The molecule has 8 nitrogen and oxygen atoms in total. The first-order valence-corrected chi connectivity index (χ1v) is 5.15. The van der Waals surface area contributed by atoms with Gasteiger partial charge in [-0.15, -0.1) is 0 Å². The zero-order chi connectivity index (χ0) is 14.3. The molecule has 18 heavy (non-hydrogen) atoms. The zero-order valence-electron chi connectivity index (χ0n) is 10.1. The van der Waals surface area contributed by atoms with Crippen molar-refractivity contribution in [2.24, 2.45) is 0 Å². The fourth-order valence-corrected chi connectivity index (χ4v) is 1.01. The minimum atomic E-state index is -1.70. The number of aliphatic carboxylic acids is 1. The molecule has 0 radical (unpaired) electrons. The molecule has 0 aliphatic carbocycles. The van der Waals surface area contributed by atoms with Gasteiger partial charge in [-0.05, 0) is 20.3 Å². The molecule has 0 aromatic rings. The van der Waals surface area contributed by atoms with E-state index in [-0.39, 0.29) is 12.8 Å². The van der Waals surface area contributed by atoms with E-state index in [9.17, 15) is 19.5 Å². The van der Waals surface area contributed by atoms with Crippen molar-refractivity contribution in [2.75, 3.05) is 0 Å². The first-order valence-electron chi connectivity index (χ1n) is 5.15. The number of nitrogens with zero attached hydrogens (tertiary/aromatic N) is 2. The third kappa shape index (κ3) is 5.88. The molecule has 0 heterocycles. The van der Waals surface area contributed by atoms with Gasteiger partial charge in [0.15, 0.2) is 0 Å². The second-order valence-corrected chi connectivity index (χ2v) is 4.17. The van der Waals surface area contributed by atoms with Crippen LogP contribution in [0, 0.1) is 0 Å². The monoisotopic (exact) mass is 257 g/mol. The van der Waals surface area contributed by atoms with E-state index in [1.54, 1.807) is 0 Å². The molecular formula is C10H15N3O5. The van der Waals surface area contributed by atoms with Crippen LogP contribution in [0.5, 0.6) is 0 Å². The van der Waals surface area contributed by atoms with Crippen LogP contribution in [0.1, 0.15) is 26.7 Å². The third-order valence-corrected chi connectivity index (χ3v) is 2.04. The molecule has 0 aromatic carbocycles. The molecule has 0 bridgehead atoms. The number of carboxylic acids is 1. The molecular weight excluding hydrogens is 242 g/mol. The summed E-state index contributed by atoms with van der Waals surface area (Å²) in [7, 11) is 0. The number of hydrogen-bond acceptors (Lipinski definition) is 4. The number of carbonyl (C=O) groups excluding carboxylic acids is 2. The molecule has 1 atom stereocenters. The molecule has 1 amide bonds. The van der Waals surface area contributed by atoms with Gasteiger partial charge in [-0.25, -0.2) is 4.79 Å². The molecule has 8 heteroatoms. The fraction of sp³-hybridized carbons (Fsp3) is 0.600. The fourth-order valence-electron chi connectivity index (χ4n) is 1.01. The highest BCUT2D eigenvalue weighted by molar-refractivity contribution is 6.25. The van der Waals surface area contributed by atoms with Crippen molar-refractivity contribution in [3.05, 3.63) is 5.53 Å². The lowest BCUT2D eigenvalue weighted by atomic mass is 10.1. The third-order valence-electron chi connectivity index (χ3n) is 2.04. The summed E-state index contributed by atoms with van der Waals surface area (Å²) in [5.41, 5.74) is 6.39. The maximum absolute atomic E-state index is 11.4. The topological polar surface area (TPSA) is 140 Å². The second kappa shape index (κ2) is 6.63. The number of hydrogen-bond donors (Lipinski definition) is 3. The number of carbonyl (C=O) groups is 3. The number of aliphatic hydroxyl groups is 1. The van der Waals surface area contributed by atoms with Gasteiger partial charge in [0.1, 0.15) is 11.6 Å². The van der Waals surface area contributed by atoms with Crippen molar-refractivity contribution in [3.63, 3.8) is 0 Å². The van der Waals surface area contributed by atoms with Gasteiger partial charge in [0.05, 0.1) is 0 Å². The van der Waals surface area contributed by atoms with E-state index in [1.807, 2.05) is 0 Å². The van der Waals surface area contributed by atoms with Gasteiger partial charge >= 0.3 is 12.2 Å². The Bertz CT molecular complexity index is 393. The van der Waals surface area contributed by atoms with E-state index in [0.29, 0.717) is 6.21 Å². The minimum absolute atomic E-state index is 0.165. The van der Waals surface area contributed by atoms with E-state index < -0.39 is 29.3 Å². The molecule has 0 saturated heterocycles. The summed E-state index contributed by atoms with van der Waals surface area (Å²) >= 11 is 0. The lowest BCUT2D eigenvalue weighted by Crippen LogP contribution is -2.49. The van der Waals surface area contributed by atoms with E-state index in [1.165, 1.54) is 13.8 Å². The van der Waals surface area contributed by atoms with Gasteiger partial charge in [-0.3, -0.25) is 9.59 Å². The molecule has 0 aliphatic rings. The van der Waals surface area contributed by atoms with Gasteiger partial charge < -0.3 is 21.1 Å². The van der Waals surface area contributed by atoms with Crippen LogP contribution in [0.2, 0.25) is 0 Å². The first kappa shape index (κ1) is 16.0. The van der Waals surface area contributed by atoms with Crippen LogP contribution in [0.4, 0.5) is 0 Å². The standard InChI is InChI=1S/C10H15N3O5/c1-10(2,18)9(17)13-7(8(15)16)4-3-6(14)5-12-11/h5,7,18H,3-4H2,1-2H3,(H,13,17)(H,15,16). The molecule has 0 spiro atoms. The Morgan fingerprint density at radius 3 is 2.39 bits per heavy atom. The Morgan fingerprint density at radius 2 is 2.00 bits per heavy atom. The zero-order valence-corrected chi connectivity index (χ0v) is 10.1. The van der Waals surface area contributed by atoms with Crippen molar-refractivity contribution in [1.82, 2.24) is 5.32 Å². The van der Waals surface area contributed by atoms with Crippen molar-refractivity contribution >= 4 is 23.9 Å². The molecule has 3 N–H and O–H groups in total. The predicted octanol–water partition coefficient (Wildman–Crippen LogP) is -1.02. The van der Waals surface area contributed by atoms with Gasteiger partial charge in [0.2, 0.25) is 5.78 Å². The summed E-state index contributed by atoms with van der Waals surface area (Å²) in [6.07, 6.45) is 0.284. The maximum atomic E-state index is 11.4. The summed E-state index contributed by atoms with van der Waals surface area (Å²) in [5, 5.41) is 20.3. The van der Waals surface area contributed by atoms with E-state index in [2.05, 4.69) is 10.1 Å². The van der Waals surface area contributed by atoms with Gasteiger partial charge in [0.25, 0.3) is 5.91 Å². The van der Waals surface area contributed by atoms with Crippen molar-refractivity contribution in [2.45, 2.75) is 38.3 Å². The largest absolute Gasteiger partial charge is 0.480 e. The molecule has 0 saturated carbocycles. The lowest BCUT2D eigenvalue weighted by Gasteiger charge is -2.20. The van der Waals surface area contributed by atoms with E-state index in [4.69, 9.17) is 10.6 Å². The van der Waals surface area contributed by atoms with Gasteiger partial charge in [-0.2, -0.15) is 4.79 Å². The van der Waals surface area contributed by atoms with Crippen LogP contribution in [0.3, 0.4) is 0 Å². The van der Waals surface area contributed by atoms with E-state index >= 15 is 0 Å². The molecule has 0 aliphatic heterocycles. The molecule has 1 unspecified atom stereocenters. The molecule has 0 rings (SSSR count). The minimum Gasteiger partial charge on any atom is -0.480 e. The normalized spacial score (nSPS) is 12.2. The van der Waals surface area contributed by atoms with Crippen molar-refractivity contribution in [1.29, 1.82) is 0 Å². The van der Waals surface area contributed by atoms with Crippen LogP contribution in [0.25, 0.3) is 5.53 Å². The van der Waals surface area contributed by atoms with E-state index in [0.717, 1.165) is 0 Å². The number of ketones is 1. The summed E-state index contributed by atoms with van der Waals surface area (Å²) in [6.45, 7) is 2.43. The van der Waals surface area contributed by atoms with Crippen molar-refractivity contribution < 1.29 is 29.4 Å². The molecule has 0 aromatic heterocycles. The Balaban J connectivity index is 4.51. The number of amides is 1. The number of nitrogens with one attached hydrogen (secondary N) is 1. The number of Topliss-reactive ketones (excluding diaryl/α,β-unsaturated/α-hetero) is 1.